The van der Waals surface area contributed by atoms with Crippen molar-refractivity contribution >= 4 is 40.7 Å². The molecule has 7 nitrogen and oxygen atoms in total. The Hall–Kier alpha value is -3.06. The molecule has 0 unspecified atom stereocenters. The van der Waals surface area contributed by atoms with Crippen molar-refractivity contribution in [1.29, 1.82) is 0 Å². The monoisotopic (exact) mass is 426 g/mol. The van der Waals surface area contributed by atoms with Crippen molar-refractivity contribution in [3.05, 3.63) is 59.1 Å². The van der Waals surface area contributed by atoms with Crippen LogP contribution in [0.1, 0.15) is 23.2 Å². The number of piperazine rings is 1. The molecule has 0 radical (unpaired) electrons. The van der Waals surface area contributed by atoms with Gasteiger partial charge in [-0.05, 0) is 42.8 Å². The van der Waals surface area contributed by atoms with Crippen LogP contribution in [0.4, 0.5) is 11.4 Å². The van der Waals surface area contributed by atoms with Gasteiger partial charge in [-0.1, -0.05) is 23.7 Å². The van der Waals surface area contributed by atoms with Crippen LogP contribution in [-0.2, 0) is 9.59 Å². The highest BCUT2D eigenvalue weighted by molar-refractivity contribution is 6.30. The third kappa shape index (κ3) is 4.41. The smallest absolute Gasteiger partial charge is 0.254 e. The summed E-state index contributed by atoms with van der Waals surface area (Å²) < 4.78 is 0. The van der Waals surface area contributed by atoms with Gasteiger partial charge in [-0.2, -0.15) is 0 Å². The Labute approximate surface area is 180 Å². The van der Waals surface area contributed by atoms with Gasteiger partial charge >= 0.3 is 0 Å². The van der Waals surface area contributed by atoms with E-state index in [1.54, 1.807) is 24.3 Å². The van der Waals surface area contributed by atoms with Crippen molar-refractivity contribution in [2.24, 2.45) is 0 Å². The van der Waals surface area contributed by atoms with Crippen LogP contribution in [0.3, 0.4) is 0 Å². The van der Waals surface area contributed by atoms with Gasteiger partial charge in [-0.15, -0.1) is 0 Å². The van der Waals surface area contributed by atoms with Crippen molar-refractivity contribution < 1.29 is 14.4 Å². The van der Waals surface area contributed by atoms with Crippen LogP contribution in [0.5, 0.6) is 0 Å². The van der Waals surface area contributed by atoms with Gasteiger partial charge in [0, 0.05) is 43.3 Å². The minimum Gasteiger partial charge on any atom is -0.368 e. The zero-order chi connectivity index (χ0) is 21.1. The summed E-state index contributed by atoms with van der Waals surface area (Å²) in [6, 6.07) is 13.8. The SMILES string of the molecule is O=C1N[C@@H](CCC(=O)N2CCN(c3ccc(Cl)cc3)CC2)C(=O)Nc2ccccc21. The number of carbonyl (C=O) groups excluding carboxylic acids is 3. The first-order chi connectivity index (χ1) is 14.5. The molecule has 2 aliphatic heterocycles. The standard InChI is InChI=1S/C22H23ClN4O3/c23-15-5-7-16(8-6-15)26-11-13-27(14-12-26)20(28)10-9-19-22(30)24-18-4-2-1-3-17(18)21(29)25-19/h1-8,19H,9-14H2,(H,24,30)(H,25,29)/t19-/m0/s1. The first-order valence-corrected chi connectivity index (χ1v) is 10.4. The summed E-state index contributed by atoms with van der Waals surface area (Å²) in [4.78, 5) is 41.6. The molecule has 2 N–H and O–H groups in total. The Morgan fingerprint density at radius 3 is 2.43 bits per heavy atom. The molecule has 2 aliphatic rings. The van der Waals surface area contributed by atoms with Crippen LogP contribution >= 0.6 is 11.6 Å². The maximum Gasteiger partial charge on any atom is 0.254 e. The van der Waals surface area contributed by atoms with Crippen LogP contribution < -0.4 is 15.5 Å². The van der Waals surface area contributed by atoms with Gasteiger partial charge in [0.05, 0.1) is 11.3 Å². The van der Waals surface area contributed by atoms with Crippen molar-refractivity contribution in [3.63, 3.8) is 0 Å². The molecule has 0 bridgehead atoms. The summed E-state index contributed by atoms with van der Waals surface area (Å²) in [5.41, 5.74) is 2.01. The lowest BCUT2D eigenvalue weighted by Gasteiger charge is -2.36. The molecule has 1 saturated heterocycles. The third-order valence-electron chi connectivity index (χ3n) is 5.52. The lowest BCUT2D eigenvalue weighted by Crippen LogP contribution is -2.49. The fourth-order valence-electron chi connectivity index (χ4n) is 3.81. The number of anilines is 2. The van der Waals surface area contributed by atoms with Crippen LogP contribution in [0.25, 0.3) is 0 Å². The minimum atomic E-state index is -0.732. The number of carbonyl (C=O) groups is 3. The highest BCUT2D eigenvalue weighted by Crippen LogP contribution is 2.21. The number of nitrogens with zero attached hydrogens (tertiary/aromatic N) is 2. The van der Waals surface area contributed by atoms with E-state index in [0.717, 1.165) is 18.8 Å². The van der Waals surface area contributed by atoms with E-state index in [1.807, 2.05) is 29.2 Å². The zero-order valence-corrected chi connectivity index (χ0v) is 17.2. The molecule has 0 spiro atoms. The summed E-state index contributed by atoms with van der Waals surface area (Å²) in [5.74, 6) is -0.610. The molecular weight excluding hydrogens is 404 g/mol. The average Bonchev–Trinajstić information content (AvgIpc) is 2.88. The third-order valence-corrected chi connectivity index (χ3v) is 5.77. The van der Waals surface area contributed by atoms with E-state index in [9.17, 15) is 14.4 Å². The summed E-state index contributed by atoms with van der Waals surface area (Å²) in [5, 5.41) is 6.21. The van der Waals surface area contributed by atoms with E-state index in [4.69, 9.17) is 11.6 Å². The average molecular weight is 427 g/mol. The van der Waals surface area contributed by atoms with Gasteiger partial charge in [0.25, 0.3) is 5.91 Å². The van der Waals surface area contributed by atoms with Crippen LogP contribution in [-0.4, -0.2) is 54.8 Å². The van der Waals surface area contributed by atoms with Crippen molar-refractivity contribution in [1.82, 2.24) is 10.2 Å². The van der Waals surface area contributed by atoms with E-state index in [2.05, 4.69) is 15.5 Å². The lowest BCUT2D eigenvalue weighted by atomic mass is 10.1. The molecule has 2 heterocycles. The Bertz CT molecular complexity index is 955. The number of hydrogen-bond acceptors (Lipinski definition) is 4. The summed E-state index contributed by atoms with van der Waals surface area (Å²) in [6.45, 7) is 2.72. The van der Waals surface area contributed by atoms with Gasteiger partial charge in [0.1, 0.15) is 6.04 Å². The maximum atomic E-state index is 12.7. The Morgan fingerprint density at radius 1 is 1.00 bits per heavy atom. The predicted octanol–water partition coefficient (Wildman–Crippen LogP) is 2.52. The highest BCUT2D eigenvalue weighted by Gasteiger charge is 2.29. The normalized spacial score (nSPS) is 18.9. The topological polar surface area (TPSA) is 81.8 Å². The summed E-state index contributed by atoms with van der Waals surface area (Å²) >= 11 is 5.94. The molecule has 8 heteroatoms. The Morgan fingerprint density at radius 2 is 1.70 bits per heavy atom. The number of hydrogen-bond donors (Lipinski definition) is 2. The molecule has 1 atom stereocenters. The van der Waals surface area contributed by atoms with E-state index in [1.165, 1.54) is 0 Å². The second-order valence-electron chi connectivity index (χ2n) is 7.44. The van der Waals surface area contributed by atoms with E-state index >= 15 is 0 Å². The van der Waals surface area contributed by atoms with Crippen LogP contribution in [0.15, 0.2) is 48.5 Å². The predicted molar refractivity (Wildman–Crippen MR) is 116 cm³/mol. The fourth-order valence-corrected chi connectivity index (χ4v) is 3.93. The first-order valence-electron chi connectivity index (χ1n) is 10.0. The minimum absolute atomic E-state index is 0.00503. The summed E-state index contributed by atoms with van der Waals surface area (Å²) in [6.07, 6.45) is 0.470. The molecule has 1 fully saturated rings. The first kappa shape index (κ1) is 20.2. The second kappa shape index (κ2) is 8.75. The number of rotatable bonds is 4. The number of nitrogens with one attached hydrogen (secondary N) is 2. The van der Waals surface area contributed by atoms with Gasteiger partial charge < -0.3 is 20.4 Å². The maximum absolute atomic E-state index is 12.7. The second-order valence-corrected chi connectivity index (χ2v) is 7.88. The lowest BCUT2D eigenvalue weighted by molar-refractivity contribution is -0.131. The molecule has 30 heavy (non-hydrogen) atoms. The van der Waals surface area contributed by atoms with Crippen molar-refractivity contribution in [2.75, 3.05) is 36.4 Å². The number of halogens is 1. The van der Waals surface area contributed by atoms with E-state index in [-0.39, 0.29) is 30.6 Å². The molecular formula is C22H23ClN4O3. The van der Waals surface area contributed by atoms with E-state index in [0.29, 0.717) is 29.4 Å². The van der Waals surface area contributed by atoms with Crippen LogP contribution in [0.2, 0.25) is 5.02 Å². The number of fused-ring (bicyclic) bond motifs is 1. The largest absolute Gasteiger partial charge is 0.368 e. The van der Waals surface area contributed by atoms with E-state index < -0.39 is 6.04 Å². The number of amides is 3. The molecule has 0 saturated carbocycles. The molecule has 2 aromatic rings. The van der Waals surface area contributed by atoms with Crippen LogP contribution in [0, 0.1) is 0 Å². The highest BCUT2D eigenvalue weighted by atomic mass is 35.5. The number of para-hydroxylation sites is 1. The zero-order valence-electron chi connectivity index (χ0n) is 16.4. The summed E-state index contributed by atoms with van der Waals surface area (Å²) in [7, 11) is 0. The van der Waals surface area contributed by atoms with Gasteiger partial charge in [0.2, 0.25) is 11.8 Å². The molecule has 3 amide bonds. The van der Waals surface area contributed by atoms with Crippen molar-refractivity contribution in [3.8, 4) is 0 Å². The molecule has 2 aromatic carbocycles. The van der Waals surface area contributed by atoms with Crippen molar-refractivity contribution in [2.45, 2.75) is 18.9 Å². The fraction of sp³-hybridized carbons (Fsp3) is 0.318. The Kier molecular flexibility index (Phi) is 5.90. The number of benzene rings is 2. The molecule has 0 aliphatic carbocycles. The Balaban J connectivity index is 1.29. The molecule has 0 aromatic heterocycles. The molecule has 4 rings (SSSR count). The quantitative estimate of drug-likeness (QED) is 0.787. The van der Waals surface area contributed by atoms with Gasteiger partial charge in [-0.3, -0.25) is 14.4 Å². The van der Waals surface area contributed by atoms with Gasteiger partial charge in [0.15, 0.2) is 0 Å². The van der Waals surface area contributed by atoms with Gasteiger partial charge in [-0.25, -0.2) is 0 Å². The molecule has 156 valence electrons.